The Kier molecular flexibility index (Phi) is 10.4. The summed E-state index contributed by atoms with van der Waals surface area (Å²) < 4.78 is 27.3. The maximum Gasteiger partial charge on any atom is 0.256 e. The van der Waals surface area contributed by atoms with Gasteiger partial charge < -0.3 is 20.9 Å². The first-order chi connectivity index (χ1) is 24.3. The molecule has 0 bridgehead atoms. The number of carbonyl (C=O) groups excluding carboxylic acids is 5. The number of nitrogens with zero attached hydrogens (tertiary/aromatic N) is 2. The van der Waals surface area contributed by atoms with Crippen LogP contribution in [0, 0.1) is 27.6 Å². The molecule has 0 aromatic heterocycles. The van der Waals surface area contributed by atoms with E-state index in [1.807, 2.05) is 27.7 Å². The third-order valence-electron chi connectivity index (χ3n) is 13.8. The van der Waals surface area contributed by atoms with Crippen molar-refractivity contribution >= 4 is 39.6 Å². The average molecular weight is 747 g/mol. The van der Waals surface area contributed by atoms with Gasteiger partial charge in [0.15, 0.2) is 0 Å². The Bertz CT molecular complexity index is 1560. The van der Waals surface area contributed by atoms with Crippen LogP contribution in [0.1, 0.15) is 126 Å². The first-order valence-corrected chi connectivity index (χ1v) is 21.3. The molecule has 2 saturated heterocycles. The van der Waals surface area contributed by atoms with Crippen molar-refractivity contribution in [3.63, 3.8) is 0 Å². The minimum absolute atomic E-state index is 0.0222. The number of amides is 5. The SMILES string of the molecule is CCC[C@H](NC(=O)[C@@H]1C[C@@]2(CN1C(=O)[C@H](C)NC(=O)[C@@H](NC(=O)[C@@H]1CCCN(C3CC3)C1)C(C)(C)C)C(C)(C)C21CCC1)C(=O)NS(=O)(=O)C1CC1. The van der Waals surface area contributed by atoms with Gasteiger partial charge in [0.05, 0.1) is 11.2 Å². The molecule has 292 valence electrons. The number of hydrogen-bond donors (Lipinski definition) is 4. The normalized spacial score (nSPS) is 29.8. The van der Waals surface area contributed by atoms with Crippen molar-refractivity contribution in [1.29, 1.82) is 0 Å². The van der Waals surface area contributed by atoms with Crippen LogP contribution in [0.15, 0.2) is 0 Å². The third-order valence-corrected chi connectivity index (χ3v) is 15.7. The second kappa shape index (κ2) is 13.8. The van der Waals surface area contributed by atoms with Gasteiger partial charge in [-0.2, -0.15) is 0 Å². The number of piperidine rings is 1. The van der Waals surface area contributed by atoms with Crippen LogP contribution in [0.25, 0.3) is 0 Å². The lowest BCUT2D eigenvalue weighted by molar-refractivity contribution is -0.142. The summed E-state index contributed by atoms with van der Waals surface area (Å²) in [7, 11) is -3.81. The number of fused-ring (bicyclic) bond motifs is 1. The number of likely N-dealkylation sites (tertiary alicyclic amines) is 2. The summed E-state index contributed by atoms with van der Waals surface area (Å²) in [5.41, 5.74) is -1.00. The first kappa shape index (κ1) is 39.0. The molecule has 2 heterocycles. The summed E-state index contributed by atoms with van der Waals surface area (Å²) >= 11 is 0. The minimum Gasteiger partial charge on any atom is -0.344 e. The molecule has 6 aliphatic rings. The van der Waals surface area contributed by atoms with Crippen LogP contribution < -0.4 is 20.7 Å². The van der Waals surface area contributed by atoms with Crippen molar-refractivity contribution in [2.45, 2.75) is 161 Å². The molecular formula is C38H62N6O7S. The Hall–Kier alpha value is -2.74. The Labute approximate surface area is 309 Å². The standard InChI is InChI=1S/C38H62N6O7S/c1-8-11-27(31(46)42-52(50,51)26-15-16-26)40-32(47)28-20-38(36(6,7)37(38)17-10-18-37)22-44(28)34(49)23(2)39-33(48)29(35(3,4)5)41-30(45)24-12-9-19-43(21-24)25-13-14-25/h23-29H,8-22H2,1-7H3,(H,39,48)(H,40,47)(H,41,45)(H,42,46)/t23-,24+,27-,28-,29+,38+/m0/s1. The second-order valence-corrected chi connectivity index (χ2v) is 20.5. The van der Waals surface area contributed by atoms with Gasteiger partial charge in [-0.3, -0.25) is 33.6 Å². The molecule has 6 fully saturated rings. The lowest BCUT2D eigenvalue weighted by Gasteiger charge is -2.36. The first-order valence-electron chi connectivity index (χ1n) is 19.8. The summed E-state index contributed by atoms with van der Waals surface area (Å²) in [6.07, 6.45) is 9.41. The fraction of sp³-hybridized carbons (Fsp3) is 0.868. The molecule has 4 aliphatic carbocycles. The largest absolute Gasteiger partial charge is 0.344 e. The maximum absolute atomic E-state index is 14.4. The molecule has 6 atom stereocenters. The molecule has 52 heavy (non-hydrogen) atoms. The van der Waals surface area contributed by atoms with E-state index in [2.05, 4.69) is 39.4 Å². The highest BCUT2D eigenvalue weighted by atomic mass is 32.2. The van der Waals surface area contributed by atoms with Crippen molar-refractivity contribution in [3.05, 3.63) is 0 Å². The van der Waals surface area contributed by atoms with Crippen molar-refractivity contribution in [3.8, 4) is 0 Å². The Morgan fingerprint density at radius 3 is 2.08 bits per heavy atom. The van der Waals surface area contributed by atoms with E-state index in [9.17, 15) is 32.4 Å². The van der Waals surface area contributed by atoms with E-state index in [0.717, 1.165) is 38.6 Å². The Balaban J connectivity index is 1.16. The zero-order valence-corrected chi connectivity index (χ0v) is 33.1. The summed E-state index contributed by atoms with van der Waals surface area (Å²) in [4.78, 5) is 73.1. The van der Waals surface area contributed by atoms with Crippen molar-refractivity contribution in [2.24, 2.45) is 27.6 Å². The quantitative estimate of drug-likeness (QED) is 0.223. The molecule has 4 N–H and O–H groups in total. The number of carbonyl (C=O) groups is 5. The highest BCUT2D eigenvalue weighted by Crippen LogP contribution is 2.88. The Morgan fingerprint density at radius 1 is 0.865 bits per heavy atom. The predicted octanol–water partition coefficient (Wildman–Crippen LogP) is 2.59. The molecule has 0 unspecified atom stereocenters. The number of hydrogen-bond acceptors (Lipinski definition) is 8. The molecular weight excluding hydrogens is 685 g/mol. The average Bonchev–Trinajstić information content (AvgIpc) is 3.97. The zero-order chi connectivity index (χ0) is 38.0. The monoisotopic (exact) mass is 746 g/mol. The van der Waals surface area contributed by atoms with E-state index in [0.29, 0.717) is 44.8 Å². The van der Waals surface area contributed by atoms with Crippen molar-refractivity contribution in [1.82, 2.24) is 30.5 Å². The molecule has 5 amide bonds. The lowest BCUT2D eigenvalue weighted by atomic mass is 9.73. The second-order valence-electron chi connectivity index (χ2n) is 18.5. The summed E-state index contributed by atoms with van der Waals surface area (Å²) in [6, 6.07) is -3.26. The molecule has 2 aliphatic heterocycles. The molecule has 2 spiro atoms. The van der Waals surface area contributed by atoms with Gasteiger partial charge in [0, 0.05) is 24.5 Å². The van der Waals surface area contributed by atoms with E-state index < -0.39 is 68.5 Å². The molecule has 6 rings (SSSR count). The van der Waals surface area contributed by atoms with E-state index in [1.165, 1.54) is 12.8 Å². The van der Waals surface area contributed by atoms with E-state index in [-0.39, 0.29) is 34.5 Å². The van der Waals surface area contributed by atoms with E-state index >= 15 is 0 Å². The van der Waals surface area contributed by atoms with Crippen LogP contribution in [-0.4, -0.2) is 103 Å². The fourth-order valence-corrected chi connectivity index (χ4v) is 11.4. The number of nitrogens with one attached hydrogen (secondary N) is 4. The summed E-state index contributed by atoms with van der Waals surface area (Å²) in [5.74, 6) is -2.45. The van der Waals surface area contributed by atoms with Crippen LogP contribution in [0.3, 0.4) is 0 Å². The number of rotatable bonds is 13. The van der Waals surface area contributed by atoms with Gasteiger partial charge in [-0.05, 0) is 93.9 Å². The molecule has 13 nitrogen and oxygen atoms in total. The van der Waals surface area contributed by atoms with Crippen LogP contribution in [-0.2, 0) is 34.0 Å². The highest BCUT2D eigenvalue weighted by molar-refractivity contribution is 7.90. The zero-order valence-electron chi connectivity index (χ0n) is 32.3. The van der Waals surface area contributed by atoms with Crippen molar-refractivity contribution in [2.75, 3.05) is 19.6 Å². The third kappa shape index (κ3) is 6.99. The summed E-state index contributed by atoms with van der Waals surface area (Å²) in [6.45, 7) is 15.6. The van der Waals surface area contributed by atoms with Crippen LogP contribution in [0.5, 0.6) is 0 Å². The van der Waals surface area contributed by atoms with Crippen LogP contribution in [0.4, 0.5) is 0 Å². The van der Waals surface area contributed by atoms with Crippen molar-refractivity contribution < 1.29 is 32.4 Å². The topological polar surface area (TPSA) is 174 Å². The minimum atomic E-state index is -3.81. The molecule has 0 aromatic carbocycles. The highest BCUT2D eigenvalue weighted by Gasteiger charge is 2.85. The molecule has 0 radical (unpaired) electrons. The molecule has 4 saturated carbocycles. The smallest absolute Gasteiger partial charge is 0.256 e. The van der Waals surface area contributed by atoms with Gasteiger partial charge in [-0.25, -0.2) is 8.42 Å². The summed E-state index contributed by atoms with van der Waals surface area (Å²) in [5, 5.41) is 8.16. The predicted molar refractivity (Wildman–Crippen MR) is 196 cm³/mol. The van der Waals surface area contributed by atoms with Gasteiger partial charge >= 0.3 is 0 Å². The van der Waals surface area contributed by atoms with Crippen LogP contribution >= 0.6 is 0 Å². The number of sulfonamides is 1. The van der Waals surface area contributed by atoms with Gasteiger partial charge in [-0.1, -0.05) is 54.4 Å². The van der Waals surface area contributed by atoms with Gasteiger partial charge in [0.2, 0.25) is 33.7 Å². The van der Waals surface area contributed by atoms with Crippen LogP contribution in [0.2, 0.25) is 0 Å². The van der Waals surface area contributed by atoms with E-state index in [4.69, 9.17) is 0 Å². The lowest BCUT2D eigenvalue weighted by Crippen LogP contribution is -2.60. The van der Waals surface area contributed by atoms with E-state index in [1.54, 1.807) is 11.8 Å². The maximum atomic E-state index is 14.4. The van der Waals surface area contributed by atoms with Gasteiger partial charge in [0.1, 0.15) is 24.2 Å². The molecule has 14 heteroatoms. The molecule has 0 aromatic rings. The Morgan fingerprint density at radius 2 is 1.54 bits per heavy atom. The fourth-order valence-electron chi connectivity index (χ4n) is 10.1. The van der Waals surface area contributed by atoms with Gasteiger partial charge in [0.25, 0.3) is 5.91 Å². The van der Waals surface area contributed by atoms with Gasteiger partial charge in [-0.15, -0.1) is 0 Å².